The fourth-order valence-electron chi connectivity index (χ4n) is 2.41. The van der Waals surface area contributed by atoms with Crippen molar-refractivity contribution in [3.63, 3.8) is 0 Å². The summed E-state index contributed by atoms with van der Waals surface area (Å²) >= 11 is 0. The van der Waals surface area contributed by atoms with Gasteiger partial charge in [0.05, 0.1) is 0 Å². The maximum absolute atomic E-state index is 6.21. The van der Waals surface area contributed by atoms with Crippen molar-refractivity contribution in [2.24, 2.45) is 0 Å². The third-order valence-corrected chi connectivity index (χ3v) is 3.41. The maximum atomic E-state index is 6.21. The molecule has 5 heteroatoms. The molecule has 4 aromatic heterocycles. The van der Waals surface area contributed by atoms with Gasteiger partial charge in [-0.25, -0.2) is 9.97 Å². The number of rotatable bonds is 1. The molecular formula is C15H13N5. The van der Waals surface area contributed by atoms with E-state index in [2.05, 4.69) is 9.97 Å². The molecule has 0 atom stereocenters. The molecule has 0 amide bonds. The van der Waals surface area contributed by atoms with E-state index in [1.807, 2.05) is 64.6 Å². The maximum Gasteiger partial charge on any atom is 0.139 e. The summed E-state index contributed by atoms with van der Waals surface area (Å²) in [6, 6.07) is 9.87. The lowest BCUT2D eigenvalue weighted by molar-refractivity contribution is 1.16. The van der Waals surface area contributed by atoms with Crippen LogP contribution in [-0.2, 0) is 0 Å². The molecule has 0 aliphatic carbocycles. The summed E-state index contributed by atoms with van der Waals surface area (Å²) in [7, 11) is 0. The monoisotopic (exact) mass is 263 g/mol. The Kier molecular flexibility index (Phi) is 2.12. The van der Waals surface area contributed by atoms with E-state index in [1.54, 1.807) is 0 Å². The summed E-state index contributed by atoms with van der Waals surface area (Å²) in [6.45, 7) is 2.03. The van der Waals surface area contributed by atoms with Crippen molar-refractivity contribution in [1.29, 1.82) is 0 Å². The van der Waals surface area contributed by atoms with Gasteiger partial charge in [0.25, 0.3) is 0 Å². The van der Waals surface area contributed by atoms with Crippen LogP contribution in [-0.4, -0.2) is 18.8 Å². The highest BCUT2D eigenvalue weighted by molar-refractivity contribution is 5.73. The normalized spacial score (nSPS) is 11.4. The molecule has 0 saturated heterocycles. The van der Waals surface area contributed by atoms with Gasteiger partial charge in [-0.05, 0) is 30.7 Å². The Morgan fingerprint density at radius 3 is 2.75 bits per heavy atom. The highest BCUT2D eigenvalue weighted by atomic mass is 15.1. The number of aromatic nitrogens is 4. The average molecular weight is 263 g/mol. The smallest absolute Gasteiger partial charge is 0.139 e. The van der Waals surface area contributed by atoms with Crippen LogP contribution in [0.2, 0.25) is 0 Å². The number of nitrogen functional groups attached to an aromatic ring is 1. The van der Waals surface area contributed by atoms with Crippen LogP contribution in [0.5, 0.6) is 0 Å². The standard InChI is InChI=1S/C15H13N5/c1-10-5-6-13-18-14(15(16)20(13)8-10)11-9-19-7-3-2-4-12(19)17-11/h2-9H,16H2,1H3. The Labute approximate surface area is 115 Å². The molecule has 5 nitrogen and oxygen atoms in total. The summed E-state index contributed by atoms with van der Waals surface area (Å²) in [6.07, 6.45) is 5.89. The van der Waals surface area contributed by atoms with Crippen molar-refractivity contribution >= 4 is 17.1 Å². The van der Waals surface area contributed by atoms with Crippen molar-refractivity contribution < 1.29 is 0 Å². The van der Waals surface area contributed by atoms with Crippen LogP contribution in [0, 0.1) is 6.92 Å². The number of hydrogen-bond acceptors (Lipinski definition) is 3. The Hall–Kier alpha value is -2.82. The number of nitrogens with two attached hydrogens (primary N) is 1. The zero-order chi connectivity index (χ0) is 13.7. The number of imidazole rings is 2. The van der Waals surface area contributed by atoms with Gasteiger partial charge in [0.15, 0.2) is 0 Å². The SMILES string of the molecule is Cc1ccc2nc(-c3cn4ccccc4n3)c(N)n2c1. The minimum absolute atomic E-state index is 0.618. The van der Waals surface area contributed by atoms with E-state index >= 15 is 0 Å². The minimum atomic E-state index is 0.618. The highest BCUT2D eigenvalue weighted by Crippen LogP contribution is 2.26. The first-order valence-electron chi connectivity index (χ1n) is 6.41. The van der Waals surface area contributed by atoms with Crippen LogP contribution in [0.3, 0.4) is 0 Å². The summed E-state index contributed by atoms with van der Waals surface area (Å²) in [5.41, 5.74) is 10.6. The van der Waals surface area contributed by atoms with E-state index in [-0.39, 0.29) is 0 Å². The zero-order valence-corrected chi connectivity index (χ0v) is 11.0. The van der Waals surface area contributed by atoms with Gasteiger partial charge in [-0.15, -0.1) is 0 Å². The van der Waals surface area contributed by atoms with Gasteiger partial charge in [-0.2, -0.15) is 0 Å². The lowest BCUT2D eigenvalue weighted by atomic mass is 10.3. The van der Waals surface area contributed by atoms with Crippen LogP contribution < -0.4 is 5.73 Å². The molecule has 0 spiro atoms. The lowest BCUT2D eigenvalue weighted by Crippen LogP contribution is -1.94. The molecule has 0 saturated carbocycles. The second-order valence-electron chi connectivity index (χ2n) is 4.87. The number of anilines is 1. The van der Waals surface area contributed by atoms with Gasteiger partial charge in [-0.1, -0.05) is 12.1 Å². The number of nitrogens with zero attached hydrogens (tertiary/aromatic N) is 4. The van der Waals surface area contributed by atoms with Gasteiger partial charge in [0, 0.05) is 18.6 Å². The van der Waals surface area contributed by atoms with Crippen LogP contribution in [0.1, 0.15) is 5.56 Å². The third-order valence-electron chi connectivity index (χ3n) is 3.41. The van der Waals surface area contributed by atoms with Gasteiger partial charge in [0.1, 0.15) is 28.5 Å². The van der Waals surface area contributed by atoms with E-state index in [4.69, 9.17) is 5.73 Å². The van der Waals surface area contributed by atoms with Crippen LogP contribution >= 0.6 is 0 Å². The summed E-state index contributed by atoms with van der Waals surface area (Å²) < 4.78 is 3.86. The first kappa shape index (κ1) is 11.0. The van der Waals surface area contributed by atoms with Gasteiger partial charge < -0.3 is 10.1 Å². The third kappa shape index (κ3) is 1.50. The van der Waals surface area contributed by atoms with Crippen LogP contribution in [0.15, 0.2) is 48.9 Å². The molecule has 0 radical (unpaired) electrons. The van der Waals surface area contributed by atoms with E-state index in [9.17, 15) is 0 Å². The first-order chi connectivity index (χ1) is 9.72. The fourth-order valence-corrected chi connectivity index (χ4v) is 2.41. The largest absolute Gasteiger partial charge is 0.383 e. The van der Waals surface area contributed by atoms with Gasteiger partial charge >= 0.3 is 0 Å². The first-order valence-corrected chi connectivity index (χ1v) is 6.41. The molecule has 20 heavy (non-hydrogen) atoms. The number of fused-ring (bicyclic) bond motifs is 2. The molecule has 4 heterocycles. The fraction of sp³-hybridized carbons (Fsp3) is 0.0667. The molecule has 0 aromatic carbocycles. The lowest BCUT2D eigenvalue weighted by Gasteiger charge is -1.97. The Morgan fingerprint density at radius 1 is 1.00 bits per heavy atom. The van der Waals surface area contributed by atoms with Crippen molar-refractivity contribution in [1.82, 2.24) is 18.8 Å². The van der Waals surface area contributed by atoms with Crippen molar-refractivity contribution in [3.05, 3.63) is 54.5 Å². The van der Waals surface area contributed by atoms with Crippen LogP contribution in [0.4, 0.5) is 5.82 Å². The van der Waals surface area contributed by atoms with E-state index in [1.165, 1.54) is 0 Å². The molecule has 98 valence electrons. The molecular weight excluding hydrogens is 250 g/mol. The number of hydrogen-bond donors (Lipinski definition) is 1. The molecule has 4 aromatic rings. The zero-order valence-electron chi connectivity index (χ0n) is 11.0. The summed E-state index contributed by atoms with van der Waals surface area (Å²) in [4.78, 5) is 9.15. The minimum Gasteiger partial charge on any atom is -0.383 e. The molecule has 0 aliphatic rings. The Balaban J connectivity index is 1.99. The van der Waals surface area contributed by atoms with Gasteiger partial charge in [-0.3, -0.25) is 4.40 Å². The number of pyridine rings is 2. The van der Waals surface area contributed by atoms with E-state index in [0.717, 1.165) is 28.2 Å². The highest BCUT2D eigenvalue weighted by Gasteiger charge is 2.14. The van der Waals surface area contributed by atoms with Crippen LogP contribution in [0.25, 0.3) is 22.7 Å². The number of aryl methyl sites for hydroxylation is 1. The predicted octanol–water partition coefficient (Wildman–Crippen LogP) is 2.54. The Morgan fingerprint density at radius 2 is 1.90 bits per heavy atom. The summed E-state index contributed by atoms with van der Waals surface area (Å²) in [5.74, 6) is 0.618. The van der Waals surface area contributed by atoms with Gasteiger partial charge in [0.2, 0.25) is 0 Å². The average Bonchev–Trinajstić information content (AvgIpc) is 3.01. The van der Waals surface area contributed by atoms with Crippen molar-refractivity contribution in [2.45, 2.75) is 6.92 Å². The molecule has 2 N–H and O–H groups in total. The van der Waals surface area contributed by atoms with Crippen molar-refractivity contribution in [2.75, 3.05) is 5.73 Å². The topological polar surface area (TPSA) is 60.6 Å². The van der Waals surface area contributed by atoms with E-state index in [0.29, 0.717) is 5.82 Å². The summed E-state index contributed by atoms with van der Waals surface area (Å²) in [5, 5.41) is 0. The van der Waals surface area contributed by atoms with E-state index < -0.39 is 0 Å². The molecule has 0 bridgehead atoms. The molecule has 0 fully saturated rings. The molecule has 0 unspecified atom stereocenters. The second-order valence-corrected chi connectivity index (χ2v) is 4.87. The molecule has 0 aliphatic heterocycles. The Bertz CT molecular complexity index is 899. The quantitative estimate of drug-likeness (QED) is 0.574. The second kappa shape index (κ2) is 3.84. The van der Waals surface area contributed by atoms with Crippen molar-refractivity contribution in [3.8, 4) is 11.4 Å². The molecule has 4 rings (SSSR count). The predicted molar refractivity (Wildman–Crippen MR) is 78.5 cm³/mol.